The predicted molar refractivity (Wildman–Crippen MR) is 129 cm³/mol. The van der Waals surface area contributed by atoms with E-state index in [0.717, 1.165) is 16.9 Å². The molecule has 3 aromatic heterocycles. The topological polar surface area (TPSA) is 94.7 Å². The van der Waals surface area contributed by atoms with Crippen molar-refractivity contribution in [3.63, 3.8) is 0 Å². The van der Waals surface area contributed by atoms with Gasteiger partial charge in [-0.2, -0.15) is 10.2 Å². The first-order valence-electron chi connectivity index (χ1n) is 10.9. The average Bonchev–Trinajstić information content (AvgIpc) is 3.27. The zero-order chi connectivity index (χ0) is 23.5. The molecule has 5 rings (SSSR count). The molecule has 8 heteroatoms. The lowest BCUT2D eigenvalue weighted by Crippen LogP contribution is -2.29. The Labute approximate surface area is 195 Å². The lowest BCUT2D eigenvalue weighted by Gasteiger charge is -2.12. The highest BCUT2D eigenvalue weighted by atomic mass is 16.2. The smallest absolute Gasteiger partial charge is 0.274 e. The first-order valence-corrected chi connectivity index (χ1v) is 10.9. The maximum absolute atomic E-state index is 13.0. The highest BCUT2D eigenvalue weighted by Crippen LogP contribution is 2.16. The minimum atomic E-state index is -0.254. The van der Waals surface area contributed by atoms with E-state index in [4.69, 9.17) is 0 Å². The van der Waals surface area contributed by atoms with E-state index in [9.17, 15) is 9.59 Å². The van der Waals surface area contributed by atoms with E-state index in [1.54, 1.807) is 29.3 Å². The van der Waals surface area contributed by atoms with Crippen molar-refractivity contribution in [2.45, 2.75) is 20.0 Å². The fourth-order valence-corrected chi connectivity index (χ4v) is 3.93. The Balaban J connectivity index is 1.43. The normalized spacial score (nSPS) is 11.0. The number of pyridine rings is 1. The third-order valence-corrected chi connectivity index (χ3v) is 5.67. The van der Waals surface area contributed by atoms with Crippen LogP contribution in [0.1, 0.15) is 27.3 Å². The van der Waals surface area contributed by atoms with Gasteiger partial charge in [0, 0.05) is 17.8 Å². The number of aromatic nitrogens is 5. The summed E-state index contributed by atoms with van der Waals surface area (Å²) in [7, 11) is 0. The van der Waals surface area contributed by atoms with Gasteiger partial charge in [-0.15, -0.1) is 0 Å². The van der Waals surface area contributed by atoms with Crippen molar-refractivity contribution in [3.05, 3.63) is 118 Å². The quantitative estimate of drug-likeness (QED) is 0.429. The van der Waals surface area contributed by atoms with Gasteiger partial charge >= 0.3 is 0 Å². The van der Waals surface area contributed by atoms with Crippen LogP contribution in [0.15, 0.2) is 90.1 Å². The second-order valence-corrected chi connectivity index (χ2v) is 7.89. The molecular formula is C26H22N6O2. The molecule has 1 N–H and O–H groups in total. The van der Waals surface area contributed by atoms with Crippen molar-refractivity contribution >= 4 is 16.7 Å². The van der Waals surface area contributed by atoms with E-state index in [1.807, 2.05) is 67.6 Å². The highest BCUT2D eigenvalue weighted by molar-refractivity contribution is 5.95. The van der Waals surface area contributed by atoms with Crippen LogP contribution in [0.3, 0.4) is 0 Å². The van der Waals surface area contributed by atoms with Gasteiger partial charge in [-0.05, 0) is 36.8 Å². The number of benzene rings is 2. The van der Waals surface area contributed by atoms with Crippen LogP contribution in [-0.2, 0) is 13.1 Å². The monoisotopic (exact) mass is 450 g/mol. The highest BCUT2D eigenvalue weighted by Gasteiger charge is 2.17. The van der Waals surface area contributed by atoms with E-state index in [1.165, 1.54) is 4.68 Å². The number of rotatable bonds is 6. The van der Waals surface area contributed by atoms with Gasteiger partial charge in [0.05, 0.1) is 47.3 Å². The Hall–Kier alpha value is -4.59. The predicted octanol–water partition coefficient (Wildman–Crippen LogP) is 3.26. The molecule has 0 aliphatic carbocycles. The number of carbonyl (C=O) groups excluding carboxylic acids is 1. The summed E-state index contributed by atoms with van der Waals surface area (Å²) < 4.78 is 3.15. The average molecular weight is 451 g/mol. The summed E-state index contributed by atoms with van der Waals surface area (Å²) in [5, 5.41) is 13.2. The molecule has 0 aliphatic rings. The maximum atomic E-state index is 13.0. The first-order chi connectivity index (χ1) is 16.6. The summed E-state index contributed by atoms with van der Waals surface area (Å²) in [6.07, 6.45) is 4.95. The van der Waals surface area contributed by atoms with Crippen molar-refractivity contribution < 1.29 is 4.79 Å². The van der Waals surface area contributed by atoms with Crippen molar-refractivity contribution in [1.82, 2.24) is 29.9 Å². The Morgan fingerprint density at radius 1 is 0.941 bits per heavy atom. The lowest BCUT2D eigenvalue weighted by atomic mass is 10.1. The molecule has 0 spiro atoms. The van der Waals surface area contributed by atoms with E-state index < -0.39 is 0 Å². The molecule has 0 radical (unpaired) electrons. The van der Waals surface area contributed by atoms with Crippen LogP contribution in [-0.4, -0.2) is 30.5 Å². The molecule has 0 unspecified atom stereocenters. The molecule has 0 saturated heterocycles. The zero-order valence-electron chi connectivity index (χ0n) is 18.5. The van der Waals surface area contributed by atoms with Gasteiger partial charge in [0.2, 0.25) is 0 Å². The number of fused-ring (bicyclic) bond motifs is 1. The van der Waals surface area contributed by atoms with E-state index in [-0.39, 0.29) is 18.0 Å². The van der Waals surface area contributed by atoms with Crippen LogP contribution >= 0.6 is 0 Å². The fraction of sp³-hybridized carbons (Fsp3) is 0.115. The molecular weight excluding hydrogens is 428 g/mol. The molecule has 5 aromatic rings. The summed E-state index contributed by atoms with van der Waals surface area (Å²) in [6, 6.07) is 20.7. The van der Waals surface area contributed by atoms with Gasteiger partial charge < -0.3 is 5.32 Å². The zero-order valence-corrected chi connectivity index (χ0v) is 18.5. The van der Waals surface area contributed by atoms with Crippen LogP contribution in [0.4, 0.5) is 0 Å². The number of hydrogen-bond acceptors (Lipinski definition) is 5. The first kappa shape index (κ1) is 21.3. The standard InChI is InChI=1S/C26H22N6O2/c1-18-23(15-29-32(18)20-9-3-2-4-10-20)25(33)28-16-24-21-11-5-6-12-22(21)26(34)31(30-24)17-19-8-7-13-27-14-19/h2-15H,16-17H2,1H3,(H,28,33). The van der Waals surface area contributed by atoms with Crippen LogP contribution in [0, 0.1) is 6.92 Å². The number of hydrogen-bond donors (Lipinski definition) is 1. The van der Waals surface area contributed by atoms with Crippen molar-refractivity contribution in [1.29, 1.82) is 0 Å². The molecule has 2 aromatic carbocycles. The third-order valence-electron chi connectivity index (χ3n) is 5.67. The Morgan fingerprint density at radius 3 is 2.47 bits per heavy atom. The summed E-state index contributed by atoms with van der Waals surface area (Å²) in [6.45, 7) is 2.32. The van der Waals surface area contributed by atoms with Gasteiger partial charge in [0.25, 0.3) is 11.5 Å². The molecule has 0 bridgehead atoms. The summed E-state index contributed by atoms with van der Waals surface area (Å²) in [5.74, 6) is -0.254. The largest absolute Gasteiger partial charge is 0.346 e. The van der Waals surface area contributed by atoms with Crippen molar-refractivity contribution in [2.75, 3.05) is 0 Å². The van der Waals surface area contributed by atoms with Crippen molar-refractivity contribution in [2.24, 2.45) is 0 Å². The number of nitrogens with zero attached hydrogens (tertiary/aromatic N) is 5. The maximum Gasteiger partial charge on any atom is 0.274 e. The number of para-hydroxylation sites is 1. The van der Waals surface area contributed by atoms with E-state index in [2.05, 4.69) is 20.5 Å². The van der Waals surface area contributed by atoms with Crippen LogP contribution < -0.4 is 10.9 Å². The summed E-state index contributed by atoms with van der Waals surface area (Å²) in [4.78, 5) is 30.1. The summed E-state index contributed by atoms with van der Waals surface area (Å²) >= 11 is 0. The second-order valence-electron chi connectivity index (χ2n) is 7.89. The molecule has 8 nitrogen and oxygen atoms in total. The van der Waals surface area contributed by atoms with Gasteiger partial charge in [-0.1, -0.05) is 42.5 Å². The fourth-order valence-electron chi connectivity index (χ4n) is 3.93. The molecule has 0 atom stereocenters. The minimum absolute atomic E-state index is 0.169. The number of nitrogens with one attached hydrogen (secondary N) is 1. The van der Waals surface area contributed by atoms with Crippen LogP contribution in [0.25, 0.3) is 16.5 Å². The van der Waals surface area contributed by atoms with Gasteiger partial charge in [0.1, 0.15) is 0 Å². The van der Waals surface area contributed by atoms with Crippen LogP contribution in [0.5, 0.6) is 0 Å². The molecule has 3 heterocycles. The molecule has 0 fully saturated rings. The van der Waals surface area contributed by atoms with Crippen molar-refractivity contribution in [3.8, 4) is 5.69 Å². The number of carbonyl (C=O) groups is 1. The Kier molecular flexibility index (Phi) is 5.70. The van der Waals surface area contributed by atoms with Crippen LogP contribution in [0.2, 0.25) is 0 Å². The summed E-state index contributed by atoms with van der Waals surface area (Å²) in [5.41, 5.74) is 3.40. The third kappa shape index (κ3) is 4.09. The van der Waals surface area contributed by atoms with Gasteiger partial charge in [-0.25, -0.2) is 9.36 Å². The molecule has 0 saturated carbocycles. The molecule has 0 aliphatic heterocycles. The second kappa shape index (κ2) is 9.11. The lowest BCUT2D eigenvalue weighted by molar-refractivity contribution is 0.0949. The van der Waals surface area contributed by atoms with Gasteiger partial charge in [-0.3, -0.25) is 14.6 Å². The molecule has 168 valence electrons. The van der Waals surface area contributed by atoms with E-state index in [0.29, 0.717) is 28.6 Å². The molecule has 1 amide bonds. The molecule has 34 heavy (non-hydrogen) atoms. The number of amides is 1. The minimum Gasteiger partial charge on any atom is -0.346 e. The van der Waals surface area contributed by atoms with E-state index >= 15 is 0 Å². The Bertz CT molecular complexity index is 1520. The van der Waals surface area contributed by atoms with Gasteiger partial charge in [0.15, 0.2) is 0 Å². The Morgan fingerprint density at radius 2 is 1.71 bits per heavy atom. The SMILES string of the molecule is Cc1c(C(=O)NCc2nn(Cc3cccnc3)c(=O)c3ccccc23)cnn1-c1ccccc1.